The van der Waals surface area contributed by atoms with E-state index in [1.807, 2.05) is 25.1 Å². The highest BCUT2D eigenvalue weighted by Crippen LogP contribution is 2.23. The van der Waals surface area contributed by atoms with Gasteiger partial charge in [0.2, 0.25) is 0 Å². The molecule has 1 aromatic heterocycles. The Morgan fingerprint density at radius 1 is 1.10 bits per heavy atom. The minimum atomic E-state index is -3.47. The highest BCUT2D eigenvalue weighted by molar-refractivity contribution is 7.94. The quantitative estimate of drug-likeness (QED) is 0.768. The van der Waals surface area contributed by atoms with Crippen LogP contribution in [0.5, 0.6) is 0 Å². The number of sulfonamides is 1. The number of benzene rings is 1. The summed E-state index contributed by atoms with van der Waals surface area (Å²) in [6.45, 7) is 5.79. The molecule has 0 aliphatic carbocycles. The van der Waals surface area contributed by atoms with Crippen molar-refractivity contribution < 1.29 is 8.42 Å². The van der Waals surface area contributed by atoms with Gasteiger partial charge in [0, 0.05) is 17.1 Å². The number of hydrogen-bond acceptors (Lipinski definition) is 4. The smallest absolute Gasteiger partial charge is 0.271 e. The molecular weight excluding hydrogens is 304 g/mol. The monoisotopic (exact) mass is 324 g/mol. The fourth-order valence-electron chi connectivity index (χ4n) is 1.86. The summed E-state index contributed by atoms with van der Waals surface area (Å²) in [5.74, 6) is 0. The topological polar surface area (TPSA) is 58.2 Å². The van der Waals surface area contributed by atoms with Crippen LogP contribution in [0.3, 0.4) is 0 Å². The predicted octanol–water partition coefficient (Wildman–Crippen LogP) is 3.36. The Labute approximate surface area is 130 Å². The molecule has 2 rings (SSSR count). The zero-order chi connectivity index (χ0) is 15.3. The first-order valence-corrected chi connectivity index (χ1v) is 9.20. The van der Waals surface area contributed by atoms with E-state index in [1.54, 1.807) is 18.2 Å². The minimum Gasteiger partial charge on any atom is -0.313 e. The summed E-state index contributed by atoms with van der Waals surface area (Å²) in [5, 5.41) is 3.31. The second kappa shape index (κ2) is 7.06. The number of anilines is 1. The van der Waals surface area contributed by atoms with Gasteiger partial charge in [0.1, 0.15) is 4.21 Å². The van der Waals surface area contributed by atoms with E-state index in [2.05, 4.69) is 17.0 Å². The van der Waals surface area contributed by atoms with Crippen LogP contribution in [0, 0.1) is 6.92 Å². The van der Waals surface area contributed by atoms with Crippen molar-refractivity contribution in [3.05, 3.63) is 46.8 Å². The van der Waals surface area contributed by atoms with Crippen LogP contribution in [0.2, 0.25) is 0 Å². The molecule has 0 atom stereocenters. The zero-order valence-corrected chi connectivity index (χ0v) is 13.9. The number of aryl methyl sites for hydroxylation is 1. The third-order valence-corrected chi connectivity index (χ3v) is 5.82. The molecule has 0 bridgehead atoms. The summed E-state index contributed by atoms with van der Waals surface area (Å²) in [4.78, 5) is 0.979. The fourth-order valence-corrected chi connectivity index (χ4v) is 4.20. The number of rotatable bonds is 7. The summed E-state index contributed by atoms with van der Waals surface area (Å²) < 4.78 is 27.3. The second-order valence-corrected chi connectivity index (χ2v) is 8.04. The molecule has 2 N–H and O–H groups in total. The predicted molar refractivity (Wildman–Crippen MR) is 88.3 cm³/mol. The van der Waals surface area contributed by atoms with Crippen LogP contribution in [-0.4, -0.2) is 15.0 Å². The van der Waals surface area contributed by atoms with Crippen LogP contribution >= 0.6 is 11.3 Å². The van der Waals surface area contributed by atoms with E-state index in [1.165, 1.54) is 11.3 Å². The zero-order valence-electron chi connectivity index (χ0n) is 12.2. The van der Waals surface area contributed by atoms with Crippen molar-refractivity contribution in [2.24, 2.45) is 0 Å². The lowest BCUT2D eigenvalue weighted by Gasteiger charge is -2.08. The van der Waals surface area contributed by atoms with E-state index in [-0.39, 0.29) is 0 Å². The summed E-state index contributed by atoms with van der Waals surface area (Å²) >= 11 is 1.27. The van der Waals surface area contributed by atoms with Gasteiger partial charge in [0.25, 0.3) is 10.0 Å². The third-order valence-electron chi connectivity index (χ3n) is 2.94. The number of nitrogens with one attached hydrogen (secondary N) is 2. The first-order chi connectivity index (χ1) is 10.0. The molecule has 0 radical (unpaired) electrons. The van der Waals surface area contributed by atoms with E-state index < -0.39 is 10.0 Å². The first-order valence-electron chi connectivity index (χ1n) is 6.90. The number of hydrogen-bond donors (Lipinski definition) is 2. The van der Waals surface area contributed by atoms with Crippen molar-refractivity contribution in [1.82, 2.24) is 5.32 Å². The molecule has 114 valence electrons. The van der Waals surface area contributed by atoms with Gasteiger partial charge < -0.3 is 5.32 Å². The van der Waals surface area contributed by atoms with Gasteiger partial charge in [-0.15, -0.1) is 11.3 Å². The Balaban J connectivity index is 2.03. The maximum atomic E-state index is 12.2. The Morgan fingerprint density at radius 3 is 2.38 bits per heavy atom. The summed E-state index contributed by atoms with van der Waals surface area (Å²) in [5.41, 5.74) is 1.72. The molecule has 2 aromatic rings. The molecule has 6 heteroatoms. The standard InChI is InChI=1S/C15H20N2O2S2/c1-3-10-16-11-13-5-7-14(8-6-13)17-21(18,19)15-9-4-12(2)20-15/h4-9,16-17H,3,10-11H2,1-2H3. The molecule has 0 saturated carbocycles. The molecule has 21 heavy (non-hydrogen) atoms. The molecule has 1 aromatic carbocycles. The SMILES string of the molecule is CCCNCc1ccc(NS(=O)(=O)c2ccc(C)s2)cc1. The third kappa shape index (κ3) is 4.56. The van der Waals surface area contributed by atoms with Gasteiger partial charge in [-0.25, -0.2) is 8.42 Å². The normalized spacial score (nSPS) is 11.5. The van der Waals surface area contributed by atoms with Gasteiger partial charge in [0.05, 0.1) is 0 Å². The van der Waals surface area contributed by atoms with Crippen molar-refractivity contribution in [2.45, 2.75) is 31.0 Å². The van der Waals surface area contributed by atoms with Gasteiger partial charge in [-0.2, -0.15) is 0 Å². The molecule has 0 fully saturated rings. The van der Waals surface area contributed by atoms with Crippen molar-refractivity contribution in [1.29, 1.82) is 0 Å². The van der Waals surface area contributed by atoms with E-state index in [9.17, 15) is 8.42 Å². The van der Waals surface area contributed by atoms with Crippen molar-refractivity contribution in [3.8, 4) is 0 Å². The highest BCUT2D eigenvalue weighted by atomic mass is 32.2. The Bertz CT molecular complexity index is 676. The van der Waals surface area contributed by atoms with Crippen LogP contribution in [0.15, 0.2) is 40.6 Å². The Morgan fingerprint density at radius 2 is 1.81 bits per heavy atom. The van der Waals surface area contributed by atoms with Crippen LogP contribution in [0.25, 0.3) is 0 Å². The van der Waals surface area contributed by atoms with Crippen molar-refractivity contribution >= 4 is 27.0 Å². The van der Waals surface area contributed by atoms with Gasteiger partial charge >= 0.3 is 0 Å². The maximum absolute atomic E-state index is 12.2. The minimum absolute atomic E-state index is 0.341. The summed E-state index contributed by atoms with van der Waals surface area (Å²) in [6, 6.07) is 10.9. The fraction of sp³-hybridized carbons (Fsp3) is 0.333. The average Bonchev–Trinajstić information content (AvgIpc) is 2.88. The first kappa shape index (κ1) is 16.0. The maximum Gasteiger partial charge on any atom is 0.271 e. The molecule has 0 unspecified atom stereocenters. The number of thiophene rings is 1. The van der Waals surface area contributed by atoms with E-state index in [0.29, 0.717) is 9.90 Å². The largest absolute Gasteiger partial charge is 0.313 e. The summed E-state index contributed by atoms with van der Waals surface area (Å²) in [6.07, 6.45) is 1.10. The molecule has 0 spiro atoms. The Hall–Kier alpha value is -1.37. The molecule has 1 heterocycles. The van der Waals surface area contributed by atoms with E-state index >= 15 is 0 Å². The van der Waals surface area contributed by atoms with Gasteiger partial charge in [-0.1, -0.05) is 19.1 Å². The molecule has 4 nitrogen and oxygen atoms in total. The summed E-state index contributed by atoms with van der Waals surface area (Å²) in [7, 11) is -3.47. The van der Waals surface area contributed by atoms with Gasteiger partial charge in [-0.3, -0.25) is 4.72 Å². The molecule has 0 saturated heterocycles. The van der Waals surface area contributed by atoms with Crippen molar-refractivity contribution in [2.75, 3.05) is 11.3 Å². The highest BCUT2D eigenvalue weighted by Gasteiger charge is 2.15. The van der Waals surface area contributed by atoms with Crippen LogP contribution < -0.4 is 10.0 Å². The van der Waals surface area contributed by atoms with Crippen LogP contribution in [0.1, 0.15) is 23.8 Å². The van der Waals surface area contributed by atoms with Crippen molar-refractivity contribution in [3.63, 3.8) is 0 Å². The molecular formula is C15H20N2O2S2. The Kier molecular flexibility index (Phi) is 5.39. The molecule has 0 amide bonds. The lowest BCUT2D eigenvalue weighted by molar-refractivity contribution is 0.603. The molecule has 0 aliphatic heterocycles. The lowest BCUT2D eigenvalue weighted by Crippen LogP contribution is -2.14. The molecule has 0 aliphatic rings. The van der Waals surface area contributed by atoms with Crippen LogP contribution in [-0.2, 0) is 16.6 Å². The average molecular weight is 324 g/mol. The second-order valence-electron chi connectivity index (χ2n) is 4.84. The lowest BCUT2D eigenvalue weighted by atomic mass is 10.2. The van der Waals surface area contributed by atoms with Gasteiger partial charge in [0.15, 0.2) is 0 Å². The van der Waals surface area contributed by atoms with E-state index in [0.717, 1.165) is 30.0 Å². The van der Waals surface area contributed by atoms with Crippen LogP contribution in [0.4, 0.5) is 5.69 Å². The van der Waals surface area contributed by atoms with Gasteiger partial charge in [-0.05, 0) is 49.7 Å². The van der Waals surface area contributed by atoms with E-state index in [4.69, 9.17) is 0 Å².